The quantitative estimate of drug-likeness (QED) is 0.842. The van der Waals surface area contributed by atoms with Gasteiger partial charge in [-0.05, 0) is 58.9 Å². The van der Waals surface area contributed by atoms with E-state index in [1.54, 1.807) is 33.0 Å². The van der Waals surface area contributed by atoms with Crippen LogP contribution in [-0.4, -0.2) is 43.3 Å². The first-order valence-electron chi connectivity index (χ1n) is 15.1. The van der Waals surface area contributed by atoms with E-state index in [2.05, 4.69) is 0 Å². The lowest BCUT2D eigenvalue weighted by atomic mass is 9.79. The molecule has 0 aromatic heterocycles. The summed E-state index contributed by atoms with van der Waals surface area (Å²) in [5.41, 5.74) is -3.71. The molecule has 2 aliphatic rings. The zero-order valence-electron chi connectivity index (χ0n) is 29.3. The number of rotatable bonds is 2. The topological polar surface area (TPSA) is 33.7 Å². The Morgan fingerprint density at radius 1 is 1.26 bits per heavy atom. The molecule has 23 heavy (non-hydrogen) atoms. The molecule has 1 aromatic rings. The lowest BCUT2D eigenvalue weighted by Crippen LogP contribution is -2.54. The number of nitrogens with zero attached hydrogens (tertiary/aromatic N) is 1. The molecule has 2 heterocycles. The van der Waals surface area contributed by atoms with Crippen LogP contribution >= 0.6 is 0 Å². The Bertz CT molecular complexity index is 1130. The third-order valence-electron chi connectivity index (χ3n) is 4.04. The highest BCUT2D eigenvalue weighted by Gasteiger charge is 2.51. The molecule has 0 spiro atoms. The number of piperazine rings is 1. The van der Waals surface area contributed by atoms with Crippen molar-refractivity contribution in [3.8, 4) is 0 Å². The summed E-state index contributed by atoms with van der Waals surface area (Å²) in [6, 6.07) is -11.2. The van der Waals surface area contributed by atoms with E-state index in [1.165, 1.54) is 0 Å². The van der Waals surface area contributed by atoms with Crippen LogP contribution < -0.4 is 15.7 Å². The van der Waals surface area contributed by atoms with Crippen LogP contribution in [0.1, 0.15) is 63.3 Å². The summed E-state index contributed by atoms with van der Waals surface area (Å²) in [4.78, 5) is -0.216. The van der Waals surface area contributed by atoms with Crippen molar-refractivity contribution >= 4 is 18.3 Å². The van der Waals surface area contributed by atoms with Gasteiger partial charge in [0, 0.05) is 41.7 Å². The second-order valence-electron chi connectivity index (χ2n) is 6.28. The summed E-state index contributed by atoms with van der Waals surface area (Å²) in [5.74, 6) is 0. The normalized spacial score (nSPS) is 51.8. The Morgan fingerprint density at radius 3 is 2.43 bits per heavy atom. The summed E-state index contributed by atoms with van der Waals surface area (Å²) >= 11 is 0. The van der Waals surface area contributed by atoms with Gasteiger partial charge in [0.1, 0.15) is 0 Å². The number of benzene rings is 1. The van der Waals surface area contributed by atoms with E-state index in [9.17, 15) is 0 Å². The van der Waals surface area contributed by atoms with Gasteiger partial charge in [0.05, 0.1) is 22.2 Å². The first-order valence-corrected chi connectivity index (χ1v) is 7.09. The lowest BCUT2D eigenvalue weighted by Gasteiger charge is -2.37. The maximum absolute atomic E-state index is 8.83. The van der Waals surface area contributed by atoms with Crippen LogP contribution in [0.4, 0.5) is 5.69 Å². The summed E-state index contributed by atoms with van der Waals surface area (Å²) in [7, 11) is -1.54. The van der Waals surface area contributed by atoms with Gasteiger partial charge in [-0.3, -0.25) is 0 Å². The standard InChI is InChI=1S/C18H29BN2O2/c1-13-11-21(12-14(2)20-13)16-9-7-8-15(10-16)19-22-17(3,4)18(5,6)23-19/h7-10,13-14,20H,11-12H2,1-6H3/i1D3,2D3,7D,8D,9D,10D,11D2,12D2,13D,14D. The van der Waals surface area contributed by atoms with Crippen LogP contribution in [0.2, 0.25) is 0 Å². The van der Waals surface area contributed by atoms with Crippen molar-refractivity contribution in [1.29, 1.82) is 0 Å². The molecule has 2 fully saturated rings. The average Bonchev–Trinajstić information content (AvgIpc) is 2.92. The van der Waals surface area contributed by atoms with Crippen LogP contribution in [0.3, 0.4) is 0 Å². The lowest BCUT2D eigenvalue weighted by molar-refractivity contribution is 0.00578. The van der Waals surface area contributed by atoms with Crippen LogP contribution in [0.5, 0.6) is 0 Å². The van der Waals surface area contributed by atoms with Gasteiger partial charge >= 0.3 is 7.12 Å². The fraction of sp³-hybridized carbons (Fsp3) is 0.667. The molecule has 3 rings (SSSR count). The van der Waals surface area contributed by atoms with Gasteiger partial charge in [-0.1, -0.05) is 12.1 Å². The van der Waals surface area contributed by atoms with Crippen molar-refractivity contribution in [2.45, 2.75) is 64.6 Å². The molecule has 2 atom stereocenters. The zero-order chi connectivity index (χ0) is 30.7. The molecule has 0 bridgehead atoms. The highest BCUT2D eigenvalue weighted by atomic mass is 16.7. The van der Waals surface area contributed by atoms with Crippen molar-refractivity contribution in [3.63, 3.8) is 0 Å². The Hall–Kier alpha value is -1.04. The Kier molecular flexibility index (Phi) is 1.52. The fourth-order valence-corrected chi connectivity index (χ4v) is 2.08. The number of nitrogens with one attached hydrogen (secondary N) is 1. The van der Waals surface area contributed by atoms with Gasteiger partial charge in [0.15, 0.2) is 0 Å². The van der Waals surface area contributed by atoms with Crippen LogP contribution in [0, 0.1) is 0 Å². The van der Waals surface area contributed by atoms with Crippen molar-refractivity contribution in [3.05, 3.63) is 24.2 Å². The molecular formula is C18H29BN2O2. The van der Waals surface area contributed by atoms with Gasteiger partial charge < -0.3 is 19.5 Å². The molecule has 5 heteroatoms. The molecule has 126 valence electrons. The van der Waals surface area contributed by atoms with E-state index in [-0.39, 0.29) is 4.90 Å². The molecule has 0 saturated carbocycles. The average molecular weight is 332 g/mol. The van der Waals surface area contributed by atoms with Gasteiger partial charge in [-0.15, -0.1) is 0 Å². The van der Waals surface area contributed by atoms with Crippen molar-refractivity contribution in [2.24, 2.45) is 0 Å². The van der Waals surface area contributed by atoms with E-state index in [0.29, 0.717) is 0 Å². The largest absolute Gasteiger partial charge is 0.494 e. The summed E-state index contributed by atoms with van der Waals surface area (Å²) in [6.07, 6.45) is 0. The smallest absolute Gasteiger partial charge is 0.399 e. The van der Waals surface area contributed by atoms with Crippen LogP contribution in [0.25, 0.3) is 0 Å². The molecule has 4 nitrogen and oxygen atoms in total. The van der Waals surface area contributed by atoms with Crippen molar-refractivity contribution in [1.82, 2.24) is 5.32 Å². The van der Waals surface area contributed by atoms with Gasteiger partial charge in [-0.2, -0.15) is 0 Å². The third kappa shape index (κ3) is 3.28. The fourth-order valence-electron chi connectivity index (χ4n) is 2.08. The second kappa shape index (κ2) is 5.80. The molecule has 1 aromatic carbocycles. The maximum atomic E-state index is 8.83. The Morgan fingerprint density at radius 2 is 1.87 bits per heavy atom. The van der Waals surface area contributed by atoms with Crippen molar-refractivity contribution < 1.29 is 31.2 Å². The second-order valence-corrected chi connectivity index (χ2v) is 6.28. The summed E-state index contributed by atoms with van der Waals surface area (Å²) in [5, 5.41) is 1.58. The van der Waals surface area contributed by atoms with E-state index < -0.39 is 92.4 Å². The zero-order valence-corrected chi connectivity index (χ0v) is 13.3. The molecule has 0 radical (unpaired) electrons. The van der Waals surface area contributed by atoms with Crippen LogP contribution in [-0.2, 0) is 9.31 Å². The van der Waals surface area contributed by atoms with E-state index in [4.69, 9.17) is 31.2 Å². The highest BCUT2D eigenvalue weighted by molar-refractivity contribution is 6.62. The van der Waals surface area contributed by atoms with Crippen LogP contribution in [0.15, 0.2) is 24.2 Å². The monoisotopic (exact) mass is 332 g/mol. The Balaban J connectivity index is 2.47. The van der Waals surface area contributed by atoms with Gasteiger partial charge in [0.2, 0.25) is 0 Å². The molecular weight excluding hydrogens is 287 g/mol. The number of anilines is 1. The molecule has 2 aliphatic heterocycles. The van der Waals surface area contributed by atoms with Gasteiger partial charge in [0.25, 0.3) is 0 Å². The minimum absolute atomic E-state index is 0.216. The number of hydrogen-bond donors (Lipinski definition) is 1. The first-order chi connectivity index (χ1) is 17.0. The third-order valence-corrected chi connectivity index (χ3v) is 4.04. The SMILES string of the molecule is [2H]c1c([2H])c(B2OC(C)(C)C(C)(C)O2)c([2H])c(N2C([2H])([2H])C([2H])(C([2H])([2H])[2H])NC([2H])(C([2H])([2H])[2H])C2([2H])[2H])c1[2H]. The highest BCUT2D eigenvalue weighted by Crippen LogP contribution is 2.36. The number of hydrogen-bond acceptors (Lipinski definition) is 4. The predicted molar refractivity (Wildman–Crippen MR) is 96.4 cm³/mol. The first kappa shape index (κ1) is 6.04. The minimum Gasteiger partial charge on any atom is -0.399 e. The van der Waals surface area contributed by atoms with E-state index >= 15 is 0 Å². The predicted octanol–water partition coefficient (Wildman–Crippen LogP) is 2.17. The Labute approximate surface area is 163 Å². The molecule has 0 aliphatic carbocycles. The molecule has 1 N–H and O–H groups in total. The minimum atomic E-state index is -3.76. The molecule has 2 saturated heterocycles. The van der Waals surface area contributed by atoms with Gasteiger partial charge in [-0.25, -0.2) is 0 Å². The summed E-state index contributed by atoms with van der Waals surface area (Å²) < 4.78 is 144. The maximum Gasteiger partial charge on any atom is 0.494 e. The van der Waals surface area contributed by atoms with E-state index in [1.807, 2.05) is 0 Å². The molecule has 0 amide bonds. The molecule has 2 unspecified atom stereocenters. The summed E-state index contributed by atoms with van der Waals surface area (Å²) in [6.45, 7) is -8.36. The van der Waals surface area contributed by atoms with E-state index in [0.717, 1.165) is 0 Å². The van der Waals surface area contributed by atoms with Crippen molar-refractivity contribution in [2.75, 3.05) is 17.9 Å².